The molecule has 120 valence electrons. The van der Waals surface area contributed by atoms with E-state index in [1.165, 1.54) is 6.92 Å². The Bertz CT molecular complexity index is 838. The van der Waals surface area contributed by atoms with E-state index in [9.17, 15) is 14.7 Å². The first-order valence-corrected chi connectivity index (χ1v) is 7.25. The molecule has 2 rings (SSSR count). The summed E-state index contributed by atoms with van der Waals surface area (Å²) in [6.45, 7) is 3.21. The normalized spacial score (nSPS) is 11.2. The maximum Gasteiger partial charge on any atom is 0.269 e. The second-order valence-corrected chi connectivity index (χ2v) is 5.30. The van der Waals surface area contributed by atoms with Crippen LogP contribution in [-0.2, 0) is 4.79 Å². The molecule has 5 heteroatoms. The second kappa shape index (κ2) is 7.25. The monoisotopic (exact) mass is 320 g/mol. The molecule has 2 N–H and O–H groups in total. The SMILES string of the molecule is CC(O)=C(C#N)C(=O)Nc1ccc(C(=O)c2ccc(C)cc2)cc1. The summed E-state index contributed by atoms with van der Waals surface area (Å²) in [5.41, 5.74) is 2.23. The molecule has 0 bridgehead atoms. The fourth-order valence-electron chi connectivity index (χ4n) is 2.07. The number of nitrogens with zero attached hydrogens (tertiary/aromatic N) is 1. The van der Waals surface area contributed by atoms with Crippen LogP contribution >= 0.6 is 0 Å². The third kappa shape index (κ3) is 3.87. The summed E-state index contributed by atoms with van der Waals surface area (Å²) < 4.78 is 0. The van der Waals surface area contributed by atoms with Gasteiger partial charge in [0.1, 0.15) is 11.8 Å². The van der Waals surface area contributed by atoms with Gasteiger partial charge in [0.15, 0.2) is 11.4 Å². The van der Waals surface area contributed by atoms with Crippen LogP contribution in [0.25, 0.3) is 0 Å². The summed E-state index contributed by atoms with van der Waals surface area (Å²) in [6, 6.07) is 15.2. The molecule has 0 heterocycles. The Morgan fingerprint density at radius 2 is 1.50 bits per heavy atom. The minimum Gasteiger partial charge on any atom is -0.511 e. The highest BCUT2D eigenvalue weighted by Gasteiger charge is 2.13. The number of ketones is 1. The fraction of sp³-hybridized carbons (Fsp3) is 0.105. The molecule has 0 aliphatic heterocycles. The van der Waals surface area contributed by atoms with Crippen LogP contribution in [0.15, 0.2) is 59.9 Å². The number of nitrogens with one attached hydrogen (secondary N) is 1. The van der Waals surface area contributed by atoms with Crippen LogP contribution in [0.4, 0.5) is 5.69 Å². The summed E-state index contributed by atoms with van der Waals surface area (Å²) in [4.78, 5) is 24.2. The summed E-state index contributed by atoms with van der Waals surface area (Å²) >= 11 is 0. The van der Waals surface area contributed by atoms with E-state index in [0.29, 0.717) is 16.8 Å². The molecule has 0 radical (unpaired) electrons. The zero-order valence-corrected chi connectivity index (χ0v) is 13.3. The molecule has 0 atom stereocenters. The van der Waals surface area contributed by atoms with Gasteiger partial charge < -0.3 is 10.4 Å². The number of aliphatic hydroxyl groups is 1. The first-order chi connectivity index (χ1) is 11.4. The maximum absolute atomic E-state index is 12.4. The molecule has 5 nitrogen and oxygen atoms in total. The minimum absolute atomic E-state index is 0.114. The molecule has 0 aliphatic rings. The Hall–Kier alpha value is -3.39. The number of amides is 1. The Balaban J connectivity index is 2.15. The van der Waals surface area contributed by atoms with E-state index < -0.39 is 5.91 Å². The van der Waals surface area contributed by atoms with Crippen molar-refractivity contribution < 1.29 is 14.7 Å². The van der Waals surface area contributed by atoms with Crippen LogP contribution in [0.1, 0.15) is 28.4 Å². The van der Waals surface area contributed by atoms with Gasteiger partial charge in [-0.25, -0.2) is 0 Å². The number of nitriles is 1. The zero-order valence-electron chi connectivity index (χ0n) is 13.3. The number of allylic oxidation sites excluding steroid dienone is 1. The smallest absolute Gasteiger partial charge is 0.269 e. The molecule has 24 heavy (non-hydrogen) atoms. The molecule has 2 aromatic rings. The zero-order chi connectivity index (χ0) is 17.7. The Morgan fingerprint density at radius 1 is 1.00 bits per heavy atom. The first kappa shape index (κ1) is 17.0. The summed E-state index contributed by atoms with van der Waals surface area (Å²) in [6.07, 6.45) is 0. The van der Waals surface area contributed by atoms with E-state index in [-0.39, 0.29) is 17.1 Å². The first-order valence-electron chi connectivity index (χ1n) is 7.25. The van der Waals surface area contributed by atoms with Crippen molar-refractivity contribution in [2.45, 2.75) is 13.8 Å². The van der Waals surface area contributed by atoms with E-state index >= 15 is 0 Å². The number of hydrogen-bond acceptors (Lipinski definition) is 4. The molecule has 0 saturated heterocycles. The summed E-state index contributed by atoms with van der Waals surface area (Å²) in [5.74, 6) is -1.16. The van der Waals surface area contributed by atoms with Gasteiger partial charge in [-0.05, 0) is 38.1 Å². The van der Waals surface area contributed by atoms with Crippen LogP contribution in [0.3, 0.4) is 0 Å². The van der Waals surface area contributed by atoms with Gasteiger partial charge in [0.2, 0.25) is 0 Å². The molecule has 0 aliphatic carbocycles. The second-order valence-electron chi connectivity index (χ2n) is 5.30. The lowest BCUT2D eigenvalue weighted by atomic mass is 10.0. The number of aliphatic hydroxyl groups excluding tert-OH is 1. The van der Waals surface area contributed by atoms with E-state index in [1.807, 2.05) is 19.1 Å². The van der Waals surface area contributed by atoms with Crippen LogP contribution in [0.2, 0.25) is 0 Å². The van der Waals surface area contributed by atoms with Gasteiger partial charge in [0.05, 0.1) is 0 Å². The summed E-state index contributed by atoms with van der Waals surface area (Å²) in [7, 11) is 0. The van der Waals surface area contributed by atoms with Gasteiger partial charge in [0, 0.05) is 16.8 Å². The van der Waals surface area contributed by atoms with Crippen molar-refractivity contribution in [1.82, 2.24) is 0 Å². The molecule has 2 aromatic carbocycles. The van der Waals surface area contributed by atoms with Crippen LogP contribution < -0.4 is 5.32 Å². The van der Waals surface area contributed by atoms with Crippen LogP contribution in [-0.4, -0.2) is 16.8 Å². The number of rotatable bonds is 4. The average Bonchev–Trinajstić information content (AvgIpc) is 2.56. The van der Waals surface area contributed by atoms with E-state index in [2.05, 4.69) is 5.32 Å². The van der Waals surface area contributed by atoms with Crippen molar-refractivity contribution in [2.24, 2.45) is 0 Å². The molecular formula is C19H16N2O3. The van der Waals surface area contributed by atoms with Crippen molar-refractivity contribution in [3.8, 4) is 6.07 Å². The van der Waals surface area contributed by atoms with Gasteiger partial charge in [-0.3, -0.25) is 9.59 Å². The third-order valence-corrected chi connectivity index (χ3v) is 3.42. The number of aryl methyl sites for hydroxylation is 1. The molecule has 0 saturated carbocycles. The van der Waals surface area contributed by atoms with Gasteiger partial charge >= 0.3 is 0 Å². The predicted molar refractivity (Wildman–Crippen MR) is 90.6 cm³/mol. The number of benzene rings is 2. The lowest BCUT2D eigenvalue weighted by Crippen LogP contribution is -2.15. The van der Waals surface area contributed by atoms with Crippen molar-refractivity contribution in [3.63, 3.8) is 0 Å². The molecule has 0 spiro atoms. The van der Waals surface area contributed by atoms with Gasteiger partial charge in [-0.15, -0.1) is 0 Å². The van der Waals surface area contributed by atoms with Gasteiger partial charge in [0.25, 0.3) is 5.91 Å². The Kier molecular flexibility index (Phi) is 5.13. The van der Waals surface area contributed by atoms with Crippen LogP contribution in [0, 0.1) is 18.3 Å². The number of carbonyl (C=O) groups is 2. The summed E-state index contributed by atoms with van der Waals surface area (Å²) in [5, 5.41) is 20.6. The lowest BCUT2D eigenvalue weighted by Gasteiger charge is -2.06. The van der Waals surface area contributed by atoms with E-state index in [4.69, 9.17) is 5.26 Å². The highest BCUT2D eigenvalue weighted by Crippen LogP contribution is 2.15. The largest absolute Gasteiger partial charge is 0.511 e. The average molecular weight is 320 g/mol. The van der Waals surface area contributed by atoms with Crippen molar-refractivity contribution >= 4 is 17.4 Å². The molecule has 1 amide bonds. The van der Waals surface area contributed by atoms with Gasteiger partial charge in [-0.1, -0.05) is 29.8 Å². The van der Waals surface area contributed by atoms with Crippen molar-refractivity contribution in [1.29, 1.82) is 5.26 Å². The molecule has 0 fully saturated rings. The fourth-order valence-corrected chi connectivity index (χ4v) is 2.07. The molecule has 0 aromatic heterocycles. The van der Waals surface area contributed by atoms with E-state index in [0.717, 1.165) is 5.56 Å². The number of carbonyl (C=O) groups excluding carboxylic acids is 2. The highest BCUT2D eigenvalue weighted by atomic mass is 16.3. The molecular weight excluding hydrogens is 304 g/mol. The predicted octanol–water partition coefficient (Wildman–Crippen LogP) is 3.52. The van der Waals surface area contributed by atoms with Gasteiger partial charge in [-0.2, -0.15) is 5.26 Å². The Morgan fingerprint density at radius 3 is 1.96 bits per heavy atom. The maximum atomic E-state index is 12.4. The van der Waals surface area contributed by atoms with Crippen molar-refractivity contribution in [3.05, 3.63) is 76.6 Å². The van der Waals surface area contributed by atoms with Crippen molar-refractivity contribution in [2.75, 3.05) is 5.32 Å². The van der Waals surface area contributed by atoms with Crippen LogP contribution in [0.5, 0.6) is 0 Å². The topological polar surface area (TPSA) is 90.2 Å². The number of hydrogen-bond donors (Lipinski definition) is 2. The Labute approximate surface area is 139 Å². The minimum atomic E-state index is -0.699. The highest BCUT2D eigenvalue weighted by molar-refractivity contribution is 6.10. The molecule has 0 unspecified atom stereocenters. The number of anilines is 1. The third-order valence-electron chi connectivity index (χ3n) is 3.42. The standard InChI is InChI=1S/C19H16N2O3/c1-12-3-5-14(6-4-12)18(23)15-7-9-16(10-8-15)21-19(24)17(11-20)13(2)22/h3-10,22H,1-2H3,(H,21,24). The van der Waals surface area contributed by atoms with E-state index in [1.54, 1.807) is 42.5 Å². The lowest BCUT2D eigenvalue weighted by molar-refractivity contribution is -0.112. The quantitative estimate of drug-likeness (QED) is 0.390.